The van der Waals surface area contributed by atoms with Gasteiger partial charge in [0, 0.05) is 20.5 Å². The third-order valence-electron chi connectivity index (χ3n) is 4.32. The molecule has 8 heteroatoms. The number of methoxy groups -OCH3 is 1. The van der Waals surface area contributed by atoms with E-state index >= 15 is 0 Å². The zero-order valence-corrected chi connectivity index (χ0v) is 13.9. The van der Waals surface area contributed by atoms with E-state index in [0.29, 0.717) is 11.3 Å². The molecule has 1 unspecified atom stereocenters. The standard InChI is InChI=1S/C17H16FN3O4/c1-20-14-13(15(22)21(2)17(20)24)11(16(23)25-3)8-12(19-14)9-4-6-10(18)7-5-9/h4-7,11H,8H2,1-3H3. The number of hydrogen-bond donors (Lipinski definition) is 0. The molecule has 130 valence electrons. The van der Waals surface area contributed by atoms with E-state index in [9.17, 15) is 18.8 Å². The minimum atomic E-state index is -0.886. The first-order valence-electron chi connectivity index (χ1n) is 7.56. The first kappa shape index (κ1) is 16.8. The maximum atomic E-state index is 13.2. The van der Waals surface area contributed by atoms with Crippen molar-refractivity contribution in [3.8, 4) is 0 Å². The lowest BCUT2D eigenvalue weighted by Gasteiger charge is -2.24. The quantitative estimate of drug-likeness (QED) is 0.761. The topological polar surface area (TPSA) is 82.7 Å². The highest BCUT2D eigenvalue weighted by molar-refractivity contribution is 6.06. The molecule has 0 spiro atoms. The van der Waals surface area contributed by atoms with Crippen molar-refractivity contribution in [2.24, 2.45) is 19.1 Å². The SMILES string of the molecule is COC(=O)C1CC(c2ccc(F)cc2)=Nc2c1c(=O)n(C)c(=O)n2C. The molecule has 1 aromatic heterocycles. The molecule has 1 aliphatic rings. The Kier molecular flexibility index (Phi) is 4.12. The van der Waals surface area contributed by atoms with Crippen LogP contribution >= 0.6 is 0 Å². The smallest absolute Gasteiger partial charge is 0.332 e. The van der Waals surface area contributed by atoms with Gasteiger partial charge in [0.25, 0.3) is 5.56 Å². The summed E-state index contributed by atoms with van der Waals surface area (Å²) in [5, 5.41) is 0. The van der Waals surface area contributed by atoms with Crippen LogP contribution in [0.3, 0.4) is 0 Å². The second-order valence-electron chi connectivity index (χ2n) is 5.79. The molecule has 0 saturated carbocycles. The Morgan fingerprint density at radius 1 is 1.20 bits per heavy atom. The molecule has 7 nitrogen and oxygen atoms in total. The summed E-state index contributed by atoms with van der Waals surface area (Å²) in [5.41, 5.74) is 0.0921. The van der Waals surface area contributed by atoms with E-state index in [2.05, 4.69) is 4.99 Å². The molecule has 3 rings (SSSR count). The predicted octanol–water partition coefficient (Wildman–Crippen LogP) is 1.00. The van der Waals surface area contributed by atoms with Crippen molar-refractivity contribution in [1.29, 1.82) is 0 Å². The average Bonchev–Trinajstić information content (AvgIpc) is 2.63. The number of nitrogens with zero attached hydrogens (tertiary/aromatic N) is 3. The highest BCUT2D eigenvalue weighted by atomic mass is 19.1. The Hall–Kier alpha value is -3.03. The fourth-order valence-corrected chi connectivity index (χ4v) is 2.94. The Morgan fingerprint density at radius 2 is 1.84 bits per heavy atom. The number of carbonyl (C=O) groups excluding carboxylic acids is 1. The number of esters is 1. The summed E-state index contributed by atoms with van der Waals surface area (Å²) in [5.74, 6) is -1.75. The van der Waals surface area contributed by atoms with E-state index in [1.165, 1.54) is 50.0 Å². The highest BCUT2D eigenvalue weighted by Crippen LogP contribution is 2.33. The van der Waals surface area contributed by atoms with Gasteiger partial charge in [-0.3, -0.25) is 18.7 Å². The number of carbonyl (C=O) groups is 1. The van der Waals surface area contributed by atoms with Crippen LogP contribution in [0.5, 0.6) is 0 Å². The van der Waals surface area contributed by atoms with Gasteiger partial charge in [0.15, 0.2) is 0 Å². The van der Waals surface area contributed by atoms with E-state index in [1.54, 1.807) is 0 Å². The molecule has 1 atom stereocenters. The molecule has 0 aliphatic carbocycles. The minimum Gasteiger partial charge on any atom is -0.469 e. The largest absolute Gasteiger partial charge is 0.469 e. The van der Waals surface area contributed by atoms with Crippen molar-refractivity contribution in [3.63, 3.8) is 0 Å². The summed E-state index contributed by atoms with van der Waals surface area (Å²) in [6.45, 7) is 0. The fraction of sp³-hybridized carbons (Fsp3) is 0.294. The van der Waals surface area contributed by atoms with E-state index < -0.39 is 29.0 Å². The van der Waals surface area contributed by atoms with Gasteiger partial charge in [0.05, 0.1) is 24.3 Å². The number of rotatable bonds is 2. The van der Waals surface area contributed by atoms with Crippen LogP contribution in [0.1, 0.15) is 23.5 Å². The highest BCUT2D eigenvalue weighted by Gasteiger charge is 2.35. The van der Waals surface area contributed by atoms with Crippen LogP contribution in [0.15, 0.2) is 38.8 Å². The molecular weight excluding hydrogens is 329 g/mol. The van der Waals surface area contributed by atoms with E-state index in [1.807, 2.05) is 0 Å². The van der Waals surface area contributed by atoms with Crippen molar-refractivity contribution in [2.75, 3.05) is 7.11 Å². The van der Waals surface area contributed by atoms with E-state index in [-0.39, 0.29) is 17.8 Å². The molecule has 0 bridgehead atoms. The second-order valence-corrected chi connectivity index (χ2v) is 5.79. The van der Waals surface area contributed by atoms with Crippen LogP contribution in [0, 0.1) is 5.82 Å². The van der Waals surface area contributed by atoms with Gasteiger partial charge in [-0.25, -0.2) is 14.2 Å². The molecule has 0 amide bonds. The van der Waals surface area contributed by atoms with Crippen molar-refractivity contribution >= 4 is 17.5 Å². The van der Waals surface area contributed by atoms with Gasteiger partial charge in [-0.15, -0.1) is 0 Å². The van der Waals surface area contributed by atoms with E-state index in [4.69, 9.17) is 4.74 Å². The van der Waals surface area contributed by atoms with Crippen molar-refractivity contribution < 1.29 is 13.9 Å². The predicted molar refractivity (Wildman–Crippen MR) is 88.9 cm³/mol. The first-order valence-corrected chi connectivity index (χ1v) is 7.56. The Labute approximate surface area is 142 Å². The number of fused-ring (bicyclic) bond motifs is 1. The van der Waals surface area contributed by atoms with Crippen molar-refractivity contribution in [3.05, 3.63) is 62.0 Å². The summed E-state index contributed by atoms with van der Waals surface area (Å²) in [6, 6.07) is 5.63. The van der Waals surface area contributed by atoms with Gasteiger partial charge < -0.3 is 4.74 Å². The van der Waals surface area contributed by atoms with Crippen LogP contribution in [-0.2, 0) is 23.6 Å². The summed E-state index contributed by atoms with van der Waals surface area (Å²) in [7, 11) is 4.06. The van der Waals surface area contributed by atoms with Gasteiger partial charge in [0.1, 0.15) is 11.6 Å². The lowest BCUT2D eigenvalue weighted by atomic mass is 9.89. The summed E-state index contributed by atoms with van der Waals surface area (Å²) in [6.07, 6.45) is 0.124. The molecular formula is C17H16FN3O4. The molecule has 1 aliphatic heterocycles. The number of halogens is 1. The average molecular weight is 345 g/mol. The third-order valence-corrected chi connectivity index (χ3v) is 4.32. The summed E-state index contributed by atoms with van der Waals surface area (Å²) >= 11 is 0. The number of ether oxygens (including phenoxy) is 1. The van der Waals surface area contributed by atoms with Crippen LogP contribution in [0.4, 0.5) is 10.2 Å². The number of aromatic nitrogens is 2. The fourth-order valence-electron chi connectivity index (χ4n) is 2.94. The van der Waals surface area contributed by atoms with Crippen LogP contribution in [-0.4, -0.2) is 27.9 Å². The van der Waals surface area contributed by atoms with Crippen LogP contribution in [0.2, 0.25) is 0 Å². The molecule has 25 heavy (non-hydrogen) atoms. The molecule has 0 fully saturated rings. The van der Waals surface area contributed by atoms with Crippen molar-refractivity contribution in [2.45, 2.75) is 12.3 Å². The van der Waals surface area contributed by atoms with Gasteiger partial charge in [-0.05, 0) is 17.7 Å². The molecule has 0 radical (unpaired) electrons. The zero-order valence-electron chi connectivity index (χ0n) is 13.9. The molecule has 0 N–H and O–H groups in total. The monoisotopic (exact) mass is 345 g/mol. The van der Waals surface area contributed by atoms with E-state index in [0.717, 1.165) is 4.57 Å². The number of aliphatic imine (C=N–C) groups is 1. The van der Waals surface area contributed by atoms with Gasteiger partial charge in [-0.2, -0.15) is 0 Å². The minimum absolute atomic E-state index is 0.120. The number of benzene rings is 1. The molecule has 2 heterocycles. The Morgan fingerprint density at radius 3 is 2.44 bits per heavy atom. The first-order chi connectivity index (χ1) is 11.8. The van der Waals surface area contributed by atoms with Gasteiger partial charge in [0.2, 0.25) is 0 Å². The van der Waals surface area contributed by atoms with Gasteiger partial charge >= 0.3 is 11.7 Å². The Balaban J connectivity index is 2.30. The molecule has 1 aromatic carbocycles. The Bertz CT molecular complexity index is 1000. The maximum Gasteiger partial charge on any atom is 0.332 e. The summed E-state index contributed by atoms with van der Waals surface area (Å²) in [4.78, 5) is 41.4. The molecule has 2 aromatic rings. The normalized spacial score (nSPS) is 16.2. The second kappa shape index (κ2) is 6.12. The summed E-state index contributed by atoms with van der Waals surface area (Å²) < 4.78 is 20.1. The van der Waals surface area contributed by atoms with Crippen LogP contribution in [0.25, 0.3) is 0 Å². The van der Waals surface area contributed by atoms with Gasteiger partial charge in [-0.1, -0.05) is 12.1 Å². The zero-order chi connectivity index (χ0) is 18.3. The number of hydrogen-bond acceptors (Lipinski definition) is 5. The maximum absolute atomic E-state index is 13.2. The third kappa shape index (κ3) is 2.69. The van der Waals surface area contributed by atoms with Crippen LogP contribution < -0.4 is 11.2 Å². The molecule has 0 saturated heterocycles. The lowest BCUT2D eigenvalue weighted by molar-refractivity contribution is -0.142. The lowest BCUT2D eigenvalue weighted by Crippen LogP contribution is -2.42. The van der Waals surface area contributed by atoms with Crippen molar-refractivity contribution in [1.82, 2.24) is 9.13 Å².